The number of rotatable bonds is 7. The molecule has 1 saturated heterocycles. The zero-order valence-corrected chi connectivity index (χ0v) is 15.4. The summed E-state index contributed by atoms with van der Waals surface area (Å²) in [5.41, 5.74) is 1.28. The summed E-state index contributed by atoms with van der Waals surface area (Å²) >= 11 is 0. The lowest BCUT2D eigenvalue weighted by Crippen LogP contribution is -2.37. The second-order valence-electron chi connectivity index (χ2n) is 6.34. The molecule has 0 aliphatic carbocycles. The van der Waals surface area contributed by atoms with Gasteiger partial charge in [0, 0.05) is 25.5 Å². The molecular weight excluding hydrogens is 368 g/mol. The van der Waals surface area contributed by atoms with Crippen molar-refractivity contribution >= 4 is 10.0 Å². The van der Waals surface area contributed by atoms with Gasteiger partial charge in [-0.15, -0.1) is 0 Å². The van der Waals surface area contributed by atoms with Gasteiger partial charge in [-0.05, 0) is 43.2 Å². The van der Waals surface area contributed by atoms with Crippen LogP contribution in [-0.4, -0.2) is 47.2 Å². The fourth-order valence-corrected chi connectivity index (χ4v) is 4.41. The molecule has 8 nitrogen and oxygen atoms in total. The number of aromatic nitrogens is 3. The van der Waals surface area contributed by atoms with Gasteiger partial charge in [-0.2, -0.15) is 9.40 Å². The summed E-state index contributed by atoms with van der Waals surface area (Å²) in [6, 6.07) is 10.2. The highest BCUT2D eigenvalue weighted by atomic mass is 32.2. The molecule has 1 atom stereocenters. The van der Waals surface area contributed by atoms with E-state index in [1.165, 1.54) is 10.4 Å². The van der Waals surface area contributed by atoms with E-state index in [0.29, 0.717) is 23.8 Å². The maximum absolute atomic E-state index is 13.2. The first kappa shape index (κ1) is 17.9. The van der Waals surface area contributed by atoms with E-state index in [9.17, 15) is 8.42 Å². The maximum atomic E-state index is 13.2. The van der Waals surface area contributed by atoms with Crippen molar-refractivity contribution < 1.29 is 17.6 Å². The van der Waals surface area contributed by atoms with Crippen LogP contribution < -0.4 is 0 Å². The quantitative estimate of drug-likeness (QED) is 0.667. The number of H-pyrrole nitrogens is 1. The minimum absolute atomic E-state index is 0.110. The zero-order valence-electron chi connectivity index (χ0n) is 14.6. The molecule has 4 rings (SSSR count). The number of sulfonamides is 1. The third kappa shape index (κ3) is 3.95. The largest absolute Gasteiger partial charge is 0.442 e. The van der Waals surface area contributed by atoms with Crippen LogP contribution in [-0.2, 0) is 21.3 Å². The second kappa shape index (κ2) is 7.63. The molecule has 0 amide bonds. The first-order chi connectivity index (χ1) is 13.1. The van der Waals surface area contributed by atoms with E-state index in [2.05, 4.69) is 15.2 Å². The van der Waals surface area contributed by atoms with E-state index >= 15 is 0 Å². The Morgan fingerprint density at radius 3 is 2.81 bits per heavy atom. The van der Waals surface area contributed by atoms with Gasteiger partial charge in [0.2, 0.25) is 5.09 Å². The van der Waals surface area contributed by atoms with Crippen molar-refractivity contribution in [3.8, 4) is 11.5 Å². The molecule has 1 N–H and O–H groups in total. The summed E-state index contributed by atoms with van der Waals surface area (Å²) in [4.78, 5) is 4.26. The number of aromatic amines is 1. The molecule has 1 aliphatic heterocycles. The van der Waals surface area contributed by atoms with E-state index < -0.39 is 10.0 Å². The van der Waals surface area contributed by atoms with Gasteiger partial charge >= 0.3 is 0 Å². The molecule has 0 aromatic carbocycles. The zero-order chi connectivity index (χ0) is 18.7. The molecular formula is C18H20N4O4S. The van der Waals surface area contributed by atoms with Crippen LogP contribution in [0.2, 0.25) is 0 Å². The number of furan rings is 1. The summed E-state index contributed by atoms with van der Waals surface area (Å²) in [7, 11) is -3.84. The molecule has 3 aromatic heterocycles. The predicted molar refractivity (Wildman–Crippen MR) is 97.1 cm³/mol. The molecule has 0 radical (unpaired) electrons. The van der Waals surface area contributed by atoms with E-state index in [0.717, 1.165) is 12.8 Å². The highest BCUT2D eigenvalue weighted by Gasteiger charge is 2.32. The standard InChI is InChI=1S/C18H20N4O4S/c23-27(24,18-7-6-17(26-18)16-8-10-20-21-16)22(13-15-5-3-11-25-15)12-14-4-1-2-9-19-14/h1-2,4,6-10,15H,3,5,11-13H2,(H,20,21). The lowest BCUT2D eigenvalue weighted by Gasteiger charge is -2.23. The molecule has 0 bridgehead atoms. The number of hydrogen-bond donors (Lipinski definition) is 1. The van der Waals surface area contributed by atoms with Crippen molar-refractivity contribution in [1.29, 1.82) is 0 Å². The summed E-state index contributed by atoms with van der Waals surface area (Å²) in [6.45, 7) is 1.08. The Hall–Kier alpha value is -2.49. The van der Waals surface area contributed by atoms with Crippen LogP contribution >= 0.6 is 0 Å². The summed E-state index contributed by atoms with van der Waals surface area (Å²) in [5, 5.41) is 6.51. The van der Waals surface area contributed by atoms with Crippen LogP contribution in [0.4, 0.5) is 0 Å². The monoisotopic (exact) mass is 388 g/mol. The Bertz CT molecular complexity index is 964. The van der Waals surface area contributed by atoms with E-state index in [4.69, 9.17) is 9.15 Å². The van der Waals surface area contributed by atoms with Crippen molar-refractivity contribution in [2.75, 3.05) is 13.2 Å². The lowest BCUT2D eigenvalue weighted by atomic mass is 10.2. The van der Waals surface area contributed by atoms with Crippen LogP contribution in [0, 0.1) is 0 Å². The fraction of sp³-hybridized carbons (Fsp3) is 0.333. The summed E-state index contributed by atoms with van der Waals surface area (Å²) in [5.74, 6) is 0.418. The van der Waals surface area contributed by atoms with Crippen LogP contribution in [0.25, 0.3) is 11.5 Å². The molecule has 0 saturated carbocycles. The normalized spacial score (nSPS) is 17.6. The Morgan fingerprint density at radius 2 is 2.11 bits per heavy atom. The number of nitrogens with one attached hydrogen (secondary N) is 1. The molecule has 9 heteroatoms. The average molecular weight is 388 g/mol. The third-order valence-corrected chi connectivity index (χ3v) is 6.12. The SMILES string of the molecule is O=S(=O)(c1ccc(-c2ccn[nH]2)o1)N(Cc1ccccn1)CC1CCCO1. The molecule has 3 aromatic rings. The van der Waals surface area contributed by atoms with Crippen LogP contribution in [0.5, 0.6) is 0 Å². The highest BCUT2D eigenvalue weighted by molar-refractivity contribution is 7.89. The van der Waals surface area contributed by atoms with Crippen molar-refractivity contribution in [3.05, 3.63) is 54.5 Å². The number of hydrogen-bond acceptors (Lipinski definition) is 6. The number of nitrogens with zero attached hydrogens (tertiary/aromatic N) is 3. The van der Waals surface area contributed by atoms with Crippen LogP contribution in [0.3, 0.4) is 0 Å². The van der Waals surface area contributed by atoms with E-state index in [-0.39, 0.29) is 24.3 Å². The number of pyridine rings is 1. The molecule has 0 spiro atoms. The summed E-state index contributed by atoms with van der Waals surface area (Å²) < 4.78 is 39.1. The average Bonchev–Trinajstić information content (AvgIpc) is 3.42. The molecule has 27 heavy (non-hydrogen) atoms. The van der Waals surface area contributed by atoms with Gasteiger partial charge in [0.05, 0.1) is 18.3 Å². The first-order valence-electron chi connectivity index (χ1n) is 8.74. The van der Waals surface area contributed by atoms with Crippen molar-refractivity contribution in [2.45, 2.75) is 30.6 Å². The van der Waals surface area contributed by atoms with E-state index in [1.54, 1.807) is 36.7 Å². The minimum Gasteiger partial charge on any atom is -0.442 e. The Kier molecular flexibility index (Phi) is 5.06. The molecule has 142 valence electrons. The number of ether oxygens (including phenoxy) is 1. The van der Waals surface area contributed by atoms with Gasteiger partial charge in [0.25, 0.3) is 10.0 Å². The van der Waals surface area contributed by atoms with Gasteiger partial charge in [-0.1, -0.05) is 6.07 Å². The van der Waals surface area contributed by atoms with Gasteiger partial charge in [0.1, 0.15) is 5.69 Å². The third-order valence-electron chi connectivity index (χ3n) is 4.44. The van der Waals surface area contributed by atoms with Crippen molar-refractivity contribution in [3.63, 3.8) is 0 Å². The lowest BCUT2D eigenvalue weighted by molar-refractivity contribution is 0.0920. The minimum atomic E-state index is -3.84. The fourth-order valence-electron chi connectivity index (χ4n) is 3.06. The van der Waals surface area contributed by atoms with Crippen molar-refractivity contribution in [2.24, 2.45) is 0 Å². The second-order valence-corrected chi connectivity index (χ2v) is 8.21. The molecule has 1 unspecified atom stereocenters. The smallest absolute Gasteiger partial charge is 0.276 e. The first-order valence-corrected chi connectivity index (χ1v) is 10.2. The summed E-state index contributed by atoms with van der Waals surface area (Å²) in [6.07, 6.45) is 4.89. The Balaban J connectivity index is 1.62. The van der Waals surface area contributed by atoms with Crippen LogP contribution in [0.1, 0.15) is 18.5 Å². The van der Waals surface area contributed by atoms with Crippen molar-refractivity contribution in [1.82, 2.24) is 19.5 Å². The molecule has 1 aliphatic rings. The van der Waals surface area contributed by atoms with Gasteiger partial charge in [-0.25, -0.2) is 8.42 Å². The van der Waals surface area contributed by atoms with Gasteiger partial charge in [-0.3, -0.25) is 10.1 Å². The van der Waals surface area contributed by atoms with Gasteiger partial charge < -0.3 is 9.15 Å². The topological polar surface area (TPSA) is 101 Å². The highest BCUT2D eigenvalue weighted by Crippen LogP contribution is 2.27. The molecule has 4 heterocycles. The van der Waals surface area contributed by atoms with E-state index in [1.807, 2.05) is 6.07 Å². The van der Waals surface area contributed by atoms with Gasteiger partial charge in [0.15, 0.2) is 5.76 Å². The van der Waals surface area contributed by atoms with Crippen LogP contribution in [0.15, 0.2) is 58.3 Å². The Labute approximate surface area is 157 Å². The Morgan fingerprint density at radius 1 is 1.19 bits per heavy atom. The molecule has 1 fully saturated rings. The maximum Gasteiger partial charge on any atom is 0.276 e. The predicted octanol–water partition coefficient (Wildman–Crippen LogP) is 2.43.